The third-order valence-corrected chi connectivity index (χ3v) is 4.39. The summed E-state index contributed by atoms with van der Waals surface area (Å²) in [5, 5.41) is 0. The number of likely N-dealkylation sites (tertiary alicyclic amines) is 1. The van der Waals surface area contributed by atoms with Crippen LogP contribution in [0.15, 0.2) is 42.5 Å². The molecule has 0 saturated carbocycles. The number of hydrogen-bond acceptors (Lipinski definition) is 3. The van der Waals surface area contributed by atoms with Crippen LogP contribution in [0.25, 0.3) is 0 Å². The molecule has 2 aliphatic rings. The average Bonchev–Trinajstić information content (AvgIpc) is 3.23. The van der Waals surface area contributed by atoms with Gasteiger partial charge in [-0.25, -0.2) is 4.39 Å². The predicted molar refractivity (Wildman–Crippen MR) is 82.0 cm³/mol. The summed E-state index contributed by atoms with van der Waals surface area (Å²) < 4.78 is 23.7. The summed E-state index contributed by atoms with van der Waals surface area (Å²) in [6.07, 6.45) is 1.83. The number of rotatable bonds is 2. The highest BCUT2D eigenvalue weighted by atomic mass is 19.1. The quantitative estimate of drug-likeness (QED) is 0.851. The average molecular weight is 313 g/mol. The first-order valence-corrected chi connectivity index (χ1v) is 7.68. The molecule has 2 aliphatic heterocycles. The van der Waals surface area contributed by atoms with Crippen LogP contribution in [-0.4, -0.2) is 24.1 Å². The Morgan fingerprint density at radius 3 is 2.70 bits per heavy atom. The molecule has 0 spiro atoms. The van der Waals surface area contributed by atoms with E-state index in [-0.39, 0.29) is 24.6 Å². The molecule has 5 heteroatoms. The van der Waals surface area contributed by atoms with E-state index in [9.17, 15) is 9.18 Å². The molecule has 1 amide bonds. The van der Waals surface area contributed by atoms with Crippen LogP contribution in [0.4, 0.5) is 4.39 Å². The lowest BCUT2D eigenvalue weighted by molar-refractivity contribution is 0.0735. The van der Waals surface area contributed by atoms with Crippen molar-refractivity contribution in [3.05, 3.63) is 59.4 Å². The Labute approximate surface area is 133 Å². The first kappa shape index (κ1) is 14.1. The van der Waals surface area contributed by atoms with Crippen LogP contribution in [0.2, 0.25) is 0 Å². The van der Waals surface area contributed by atoms with Gasteiger partial charge < -0.3 is 14.4 Å². The summed E-state index contributed by atoms with van der Waals surface area (Å²) in [6.45, 7) is 0.893. The standard InChI is InChI=1S/C18H16FNO3/c19-14-6-3-12(4-7-14)15-2-1-9-20(15)18(21)13-5-8-16-17(10-13)23-11-22-16/h3-8,10,15H,1-2,9,11H2. The zero-order valence-corrected chi connectivity index (χ0v) is 12.5. The molecule has 1 saturated heterocycles. The number of nitrogens with zero attached hydrogens (tertiary/aromatic N) is 1. The van der Waals surface area contributed by atoms with Gasteiger partial charge in [0.05, 0.1) is 6.04 Å². The van der Waals surface area contributed by atoms with Gasteiger partial charge in [0.15, 0.2) is 11.5 Å². The molecule has 2 heterocycles. The summed E-state index contributed by atoms with van der Waals surface area (Å²) in [7, 11) is 0. The number of carbonyl (C=O) groups is 1. The minimum absolute atomic E-state index is 0.00600. The smallest absolute Gasteiger partial charge is 0.254 e. The lowest BCUT2D eigenvalue weighted by Gasteiger charge is -2.25. The van der Waals surface area contributed by atoms with Crippen molar-refractivity contribution < 1.29 is 18.7 Å². The van der Waals surface area contributed by atoms with E-state index in [1.54, 1.807) is 30.3 Å². The second-order valence-corrected chi connectivity index (χ2v) is 5.78. The summed E-state index contributed by atoms with van der Waals surface area (Å²) >= 11 is 0. The zero-order valence-electron chi connectivity index (χ0n) is 12.5. The molecular weight excluding hydrogens is 297 g/mol. The van der Waals surface area contributed by atoms with E-state index < -0.39 is 0 Å². The van der Waals surface area contributed by atoms with Crippen molar-refractivity contribution >= 4 is 5.91 Å². The first-order valence-electron chi connectivity index (χ1n) is 7.68. The largest absolute Gasteiger partial charge is 0.454 e. The van der Waals surface area contributed by atoms with E-state index in [1.807, 2.05) is 4.90 Å². The Kier molecular flexibility index (Phi) is 3.41. The summed E-state index contributed by atoms with van der Waals surface area (Å²) in [5.74, 6) is 0.974. The molecule has 1 unspecified atom stereocenters. The monoisotopic (exact) mass is 313 g/mol. The minimum atomic E-state index is -0.264. The molecule has 1 atom stereocenters. The zero-order chi connectivity index (χ0) is 15.8. The highest BCUT2D eigenvalue weighted by Gasteiger charge is 2.31. The molecule has 0 aliphatic carbocycles. The van der Waals surface area contributed by atoms with Gasteiger partial charge in [-0.05, 0) is 48.7 Å². The van der Waals surface area contributed by atoms with E-state index in [4.69, 9.17) is 9.47 Å². The van der Waals surface area contributed by atoms with E-state index in [2.05, 4.69) is 0 Å². The van der Waals surface area contributed by atoms with Crippen LogP contribution >= 0.6 is 0 Å². The topological polar surface area (TPSA) is 38.8 Å². The number of halogens is 1. The Hall–Kier alpha value is -2.56. The third kappa shape index (κ3) is 2.52. The van der Waals surface area contributed by atoms with Crippen LogP contribution in [-0.2, 0) is 0 Å². The maximum absolute atomic E-state index is 13.1. The fourth-order valence-electron chi connectivity index (χ4n) is 3.24. The predicted octanol–water partition coefficient (Wildman–Crippen LogP) is 3.53. The molecule has 0 N–H and O–H groups in total. The molecule has 2 aromatic carbocycles. The number of carbonyl (C=O) groups excluding carboxylic acids is 1. The normalized spacial score (nSPS) is 19.2. The van der Waals surface area contributed by atoms with E-state index in [0.717, 1.165) is 18.4 Å². The Morgan fingerprint density at radius 1 is 1.09 bits per heavy atom. The lowest BCUT2D eigenvalue weighted by atomic mass is 10.0. The van der Waals surface area contributed by atoms with Crippen molar-refractivity contribution in [1.82, 2.24) is 4.90 Å². The van der Waals surface area contributed by atoms with Crippen molar-refractivity contribution in [2.24, 2.45) is 0 Å². The van der Waals surface area contributed by atoms with Gasteiger partial charge in [0.1, 0.15) is 5.82 Å². The van der Waals surface area contributed by atoms with Crippen LogP contribution in [0.3, 0.4) is 0 Å². The van der Waals surface area contributed by atoms with Gasteiger partial charge in [-0.15, -0.1) is 0 Å². The molecule has 23 heavy (non-hydrogen) atoms. The fraction of sp³-hybridized carbons (Fsp3) is 0.278. The van der Waals surface area contributed by atoms with Gasteiger partial charge >= 0.3 is 0 Å². The van der Waals surface area contributed by atoms with Crippen molar-refractivity contribution in [2.45, 2.75) is 18.9 Å². The third-order valence-electron chi connectivity index (χ3n) is 4.39. The molecule has 2 aromatic rings. The molecular formula is C18H16FNO3. The number of ether oxygens (including phenoxy) is 2. The van der Waals surface area contributed by atoms with Crippen molar-refractivity contribution in [3.63, 3.8) is 0 Å². The lowest BCUT2D eigenvalue weighted by Crippen LogP contribution is -2.30. The SMILES string of the molecule is O=C(c1ccc2c(c1)OCO2)N1CCCC1c1ccc(F)cc1. The molecule has 0 aromatic heterocycles. The summed E-state index contributed by atoms with van der Waals surface area (Å²) in [6, 6.07) is 11.6. The highest BCUT2D eigenvalue weighted by Crippen LogP contribution is 2.36. The Balaban J connectivity index is 1.60. The Morgan fingerprint density at radius 2 is 1.87 bits per heavy atom. The Bertz CT molecular complexity index is 744. The second kappa shape index (κ2) is 5.57. The van der Waals surface area contributed by atoms with Crippen LogP contribution < -0.4 is 9.47 Å². The highest BCUT2D eigenvalue weighted by molar-refractivity contribution is 5.95. The fourth-order valence-corrected chi connectivity index (χ4v) is 3.24. The van der Waals surface area contributed by atoms with Gasteiger partial charge in [0, 0.05) is 12.1 Å². The molecule has 0 bridgehead atoms. The first-order chi connectivity index (χ1) is 11.2. The van der Waals surface area contributed by atoms with Crippen molar-refractivity contribution in [1.29, 1.82) is 0 Å². The maximum atomic E-state index is 13.1. The van der Waals surface area contributed by atoms with Crippen LogP contribution in [0.5, 0.6) is 11.5 Å². The van der Waals surface area contributed by atoms with Crippen LogP contribution in [0, 0.1) is 5.82 Å². The van der Waals surface area contributed by atoms with Gasteiger partial charge in [0.25, 0.3) is 5.91 Å². The number of amides is 1. The van der Waals surface area contributed by atoms with Gasteiger partial charge in [-0.2, -0.15) is 0 Å². The van der Waals surface area contributed by atoms with Gasteiger partial charge in [-0.3, -0.25) is 4.79 Å². The summed E-state index contributed by atoms with van der Waals surface area (Å²) in [5.41, 5.74) is 1.56. The molecule has 1 fully saturated rings. The van der Waals surface area contributed by atoms with Crippen LogP contribution in [0.1, 0.15) is 34.8 Å². The number of benzene rings is 2. The van der Waals surface area contributed by atoms with Crippen molar-refractivity contribution in [3.8, 4) is 11.5 Å². The molecule has 4 nitrogen and oxygen atoms in total. The maximum Gasteiger partial charge on any atom is 0.254 e. The molecule has 0 radical (unpaired) electrons. The van der Waals surface area contributed by atoms with E-state index in [0.29, 0.717) is 23.6 Å². The minimum Gasteiger partial charge on any atom is -0.454 e. The number of fused-ring (bicyclic) bond motifs is 1. The van der Waals surface area contributed by atoms with Gasteiger partial charge in [0.2, 0.25) is 6.79 Å². The van der Waals surface area contributed by atoms with E-state index >= 15 is 0 Å². The second-order valence-electron chi connectivity index (χ2n) is 5.78. The van der Waals surface area contributed by atoms with E-state index in [1.165, 1.54) is 12.1 Å². The van der Waals surface area contributed by atoms with Gasteiger partial charge in [-0.1, -0.05) is 12.1 Å². The number of hydrogen-bond donors (Lipinski definition) is 0. The molecule has 4 rings (SSSR count). The van der Waals surface area contributed by atoms with Crippen molar-refractivity contribution in [2.75, 3.05) is 13.3 Å². The summed E-state index contributed by atoms with van der Waals surface area (Å²) in [4.78, 5) is 14.7. The molecule has 118 valence electrons.